The standard InChI is InChI=1S/C21H27N3O3S/c1-16(21(25)23-19-7-9-20(10-8-19)28(22,26)27)24-13-11-18(12-14-24)15-17-5-3-2-4-6-17/h2-10,16,18H,11-15H2,1H3,(H,23,25)(H2,22,26,27)/t16-/m0/s1. The fourth-order valence-corrected chi connectivity index (χ4v) is 4.15. The molecule has 1 heterocycles. The van der Waals surface area contributed by atoms with Crippen LogP contribution >= 0.6 is 0 Å². The molecule has 0 aromatic heterocycles. The number of carbonyl (C=O) groups excluding carboxylic acids is 1. The molecule has 0 radical (unpaired) electrons. The monoisotopic (exact) mass is 401 g/mol. The van der Waals surface area contributed by atoms with Gasteiger partial charge in [0.05, 0.1) is 10.9 Å². The number of amides is 1. The highest BCUT2D eigenvalue weighted by molar-refractivity contribution is 7.89. The Bertz CT molecular complexity index is 890. The lowest BCUT2D eigenvalue weighted by Gasteiger charge is -2.35. The molecule has 1 fully saturated rings. The van der Waals surface area contributed by atoms with Gasteiger partial charge in [-0.2, -0.15) is 0 Å². The molecule has 1 saturated heterocycles. The van der Waals surface area contributed by atoms with E-state index in [1.165, 1.54) is 17.7 Å². The van der Waals surface area contributed by atoms with Crippen molar-refractivity contribution in [2.45, 2.75) is 37.1 Å². The van der Waals surface area contributed by atoms with Gasteiger partial charge >= 0.3 is 0 Å². The number of hydrogen-bond donors (Lipinski definition) is 2. The van der Waals surface area contributed by atoms with Gasteiger partial charge in [-0.1, -0.05) is 30.3 Å². The van der Waals surface area contributed by atoms with Crippen LogP contribution in [0.25, 0.3) is 0 Å². The third-order valence-electron chi connectivity index (χ3n) is 5.39. The van der Waals surface area contributed by atoms with E-state index >= 15 is 0 Å². The van der Waals surface area contributed by atoms with Gasteiger partial charge in [-0.3, -0.25) is 9.69 Å². The Kier molecular flexibility index (Phi) is 6.49. The van der Waals surface area contributed by atoms with Crippen LogP contribution in [0.15, 0.2) is 59.5 Å². The van der Waals surface area contributed by atoms with Crippen LogP contribution in [0, 0.1) is 5.92 Å². The number of piperidine rings is 1. The average Bonchev–Trinajstić information content (AvgIpc) is 2.68. The van der Waals surface area contributed by atoms with E-state index in [-0.39, 0.29) is 16.8 Å². The largest absolute Gasteiger partial charge is 0.325 e. The van der Waals surface area contributed by atoms with Crippen LogP contribution in [0.5, 0.6) is 0 Å². The SMILES string of the molecule is C[C@@H](C(=O)Nc1ccc(S(N)(=O)=O)cc1)N1CCC(Cc2ccccc2)CC1. The zero-order valence-electron chi connectivity index (χ0n) is 16.0. The summed E-state index contributed by atoms with van der Waals surface area (Å²) in [7, 11) is -3.73. The van der Waals surface area contributed by atoms with Crippen LogP contribution in [0.1, 0.15) is 25.3 Å². The van der Waals surface area contributed by atoms with Crippen molar-refractivity contribution in [2.75, 3.05) is 18.4 Å². The van der Waals surface area contributed by atoms with Crippen molar-refractivity contribution in [1.82, 2.24) is 4.90 Å². The van der Waals surface area contributed by atoms with Crippen molar-refractivity contribution in [3.63, 3.8) is 0 Å². The maximum atomic E-state index is 12.6. The first kappa shape index (κ1) is 20.5. The molecule has 7 heteroatoms. The minimum Gasteiger partial charge on any atom is -0.325 e. The van der Waals surface area contributed by atoms with Gasteiger partial charge in [-0.25, -0.2) is 13.6 Å². The molecule has 2 aromatic carbocycles. The molecule has 1 atom stereocenters. The maximum absolute atomic E-state index is 12.6. The lowest BCUT2D eigenvalue weighted by atomic mass is 9.89. The first-order valence-electron chi connectivity index (χ1n) is 9.54. The highest BCUT2D eigenvalue weighted by Crippen LogP contribution is 2.23. The molecule has 3 rings (SSSR count). The average molecular weight is 402 g/mol. The summed E-state index contributed by atoms with van der Waals surface area (Å²) in [6, 6.07) is 16.2. The second-order valence-corrected chi connectivity index (χ2v) is 8.97. The molecule has 1 aliphatic heterocycles. The first-order valence-corrected chi connectivity index (χ1v) is 11.1. The summed E-state index contributed by atoms with van der Waals surface area (Å²) in [5.74, 6) is 0.560. The number of benzene rings is 2. The lowest BCUT2D eigenvalue weighted by molar-refractivity contribution is -0.121. The van der Waals surface area contributed by atoms with Crippen molar-refractivity contribution in [1.29, 1.82) is 0 Å². The maximum Gasteiger partial charge on any atom is 0.241 e. The van der Waals surface area contributed by atoms with Crippen LogP contribution in [0.4, 0.5) is 5.69 Å². The normalized spacial score (nSPS) is 17.2. The van der Waals surface area contributed by atoms with Gasteiger partial charge in [-0.05, 0) is 75.0 Å². The van der Waals surface area contributed by atoms with E-state index in [2.05, 4.69) is 34.5 Å². The van der Waals surface area contributed by atoms with E-state index < -0.39 is 10.0 Å². The topological polar surface area (TPSA) is 92.5 Å². The van der Waals surface area contributed by atoms with Gasteiger partial charge in [0.15, 0.2) is 0 Å². The zero-order chi connectivity index (χ0) is 20.1. The van der Waals surface area contributed by atoms with E-state index in [9.17, 15) is 13.2 Å². The van der Waals surface area contributed by atoms with Crippen molar-refractivity contribution in [3.8, 4) is 0 Å². The quantitative estimate of drug-likeness (QED) is 0.778. The molecule has 0 bridgehead atoms. The number of nitrogens with zero attached hydrogens (tertiary/aromatic N) is 1. The van der Waals surface area contributed by atoms with Crippen LogP contribution in [-0.4, -0.2) is 38.4 Å². The number of carbonyl (C=O) groups is 1. The van der Waals surface area contributed by atoms with Gasteiger partial charge in [0.2, 0.25) is 15.9 Å². The molecule has 28 heavy (non-hydrogen) atoms. The molecule has 0 aliphatic carbocycles. The van der Waals surface area contributed by atoms with E-state index in [0.29, 0.717) is 11.6 Å². The number of rotatable bonds is 6. The van der Waals surface area contributed by atoms with Crippen LogP contribution in [0.3, 0.4) is 0 Å². The number of sulfonamides is 1. The Balaban J connectivity index is 1.50. The molecule has 0 spiro atoms. The minimum absolute atomic E-state index is 0.0269. The van der Waals surface area contributed by atoms with Gasteiger partial charge in [0.25, 0.3) is 0 Å². The minimum atomic E-state index is -3.73. The third-order valence-corrected chi connectivity index (χ3v) is 6.32. The van der Waals surface area contributed by atoms with E-state index in [4.69, 9.17) is 5.14 Å². The van der Waals surface area contributed by atoms with Crippen LogP contribution in [0.2, 0.25) is 0 Å². The van der Waals surface area contributed by atoms with Crippen molar-refractivity contribution >= 4 is 21.6 Å². The predicted molar refractivity (Wildman–Crippen MR) is 110 cm³/mol. The van der Waals surface area contributed by atoms with E-state index in [1.54, 1.807) is 12.1 Å². The Morgan fingerprint density at radius 3 is 2.29 bits per heavy atom. The molecule has 0 saturated carbocycles. The van der Waals surface area contributed by atoms with Crippen molar-refractivity contribution < 1.29 is 13.2 Å². The molecule has 6 nitrogen and oxygen atoms in total. The lowest BCUT2D eigenvalue weighted by Crippen LogP contribution is -2.46. The Hall–Kier alpha value is -2.22. The van der Waals surface area contributed by atoms with E-state index in [1.807, 2.05) is 13.0 Å². The van der Waals surface area contributed by atoms with Crippen LogP contribution < -0.4 is 10.5 Å². The molecule has 150 valence electrons. The van der Waals surface area contributed by atoms with Crippen molar-refractivity contribution in [3.05, 3.63) is 60.2 Å². The number of primary sulfonamides is 1. The van der Waals surface area contributed by atoms with Gasteiger partial charge in [-0.15, -0.1) is 0 Å². The highest BCUT2D eigenvalue weighted by Gasteiger charge is 2.26. The van der Waals surface area contributed by atoms with E-state index in [0.717, 1.165) is 32.4 Å². The molecule has 1 aliphatic rings. The summed E-state index contributed by atoms with van der Waals surface area (Å²) in [6.45, 7) is 3.71. The van der Waals surface area contributed by atoms with Crippen LogP contribution in [-0.2, 0) is 21.2 Å². The highest BCUT2D eigenvalue weighted by atomic mass is 32.2. The number of anilines is 1. The number of nitrogens with one attached hydrogen (secondary N) is 1. The molecular weight excluding hydrogens is 374 g/mol. The Morgan fingerprint density at radius 1 is 1.11 bits per heavy atom. The Labute approximate surface area is 166 Å². The molecule has 1 amide bonds. The zero-order valence-corrected chi connectivity index (χ0v) is 16.9. The molecule has 3 N–H and O–H groups in total. The second kappa shape index (κ2) is 8.86. The second-order valence-electron chi connectivity index (χ2n) is 7.40. The molecule has 2 aromatic rings. The Morgan fingerprint density at radius 2 is 1.71 bits per heavy atom. The van der Waals surface area contributed by atoms with Gasteiger partial charge in [0, 0.05) is 5.69 Å². The first-order chi connectivity index (χ1) is 13.3. The number of nitrogens with two attached hydrogens (primary N) is 1. The van der Waals surface area contributed by atoms with Gasteiger partial charge in [0.1, 0.15) is 0 Å². The van der Waals surface area contributed by atoms with Gasteiger partial charge < -0.3 is 5.32 Å². The number of hydrogen-bond acceptors (Lipinski definition) is 4. The number of likely N-dealkylation sites (tertiary alicyclic amines) is 1. The summed E-state index contributed by atoms with van der Waals surface area (Å²) in [4.78, 5) is 14.8. The molecule has 0 unspecified atom stereocenters. The summed E-state index contributed by atoms with van der Waals surface area (Å²) in [5, 5.41) is 7.94. The smallest absolute Gasteiger partial charge is 0.241 e. The van der Waals surface area contributed by atoms with Crippen molar-refractivity contribution in [2.24, 2.45) is 11.1 Å². The summed E-state index contributed by atoms with van der Waals surface area (Å²) in [6.07, 6.45) is 3.25. The molecular formula is C21H27N3O3S. The summed E-state index contributed by atoms with van der Waals surface area (Å²) in [5.41, 5.74) is 1.93. The fraction of sp³-hybridized carbons (Fsp3) is 0.381. The third kappa shape index (κ3) is 5.41. The summed E-state index contributed by atoms with van der Waals surface area (Å²) < 4.78 is 22.6. The summed E-state index contributed by atoms with van der Waals surface area (Å²) >= 11 is 0. The fourth-order valence-electron chi connectivity index (χ4n) is 3.63. The predicted octanol–water partition coefficient (Wildman–Crippen LogP) is 2.62.